The van der Waals surface area contributed by atoms with E-state index in [1.54, 1.807) is 0 Å². The van der Waals surface area contributed by atoms with Gasteiger partial charge in [0.2, 0.25) is 23.5 Å². The fourth-order valence-corrected chi connectivity index (χ4v) is 1.96. The lowest BCUT2D eigenvalue weighted by atomic mass is 10.4. The molecule has 1 fully saturated rings. The molecular formula is C12H12N4O6. The third-order valence-electron chi connectivity index (χ3n) is 2.99. The van der Waals surface area contributed by atoms with Gasteiger partial charge in [-0.1, -0.05) is 5.10 Å². The molecule has 0 aliphatic carbocycles. The summed E-state index contributed by atoms with van der Waals surface area (Å²) in [6.45, 7) is 0.409. The van der Waals surface area contributed by atoms with Gasteiger partial charge >= 0.3 is 6.01 Å². The van der Waals surface area contributed by atoms with Crippen LogP contribution in [0.5, 0.6) is 0 Å². The quantitative estimate of drug-likeness (QED) is 0.738. The second kappa shape index (κ2) is 5.84. The number of rotatable bonds is 4. The van der Waals surface area contributed by atoms with Crippen LogP contribution in [0.3, 0.4) is 0 Å². The van der Waals surface area contributed by atoms with Crippen LogP contribution in [-0.4, -0.2) is 52.6 Å². The summed E-state index contributed by atoms with van der Waals surface area (Å²) >= 11 is 0. The Morgan fingerprint density at radius 2 is 2.00 bits per heavy atom. The lowest BCUT2D eigenvalue weighted by Gasteiger charge is -2.12. The van der Waals surface area contributed by atoms with Crippen LogP contribution < -0.4 is 5.32 Å². The first-order chi connectivity index (χ1) is 10.6. The lowest BCUT2D eigenvalue weighted by molar-refractivity contribution is -0.141. The zero-order valence-corrected chi connectivity index (χ0v) is 11.4. The van der Waals surface area contributed by atoms with Crippen molar-refractivity contribution in [2.45, 2.75) is 12.8 Å². The number of hydrogen-bond acceptors (Lipinski definition) is 8. The smallest absolute Gasteiger partial charge is 0.322 e. The van der Waals surface area contributed by atoms with Crippen molar-refractivity contribution < 1.29 is 28.3 Å². The van der Waals surface area contributed by atoms with Gasteiger partial charge in [0, 0.05) is 12.8 Å². The van der Waals surface area contributed by atoms with Gasteiger partial charge in [-0.2, -0.15) is 0 Å². The molecule has 0 radical (unpaired) electrons. The summed E-state index contributed by atoms with van der Waals surface area (Å²) in [5, 5.41) is 9.65. The zero-order chi connectivity index (χ0) is 15.5. The average Bonchev–Trinajstić information content (AvgIpc) is 3.10. The fourth-order valence-electron chi connectivity index (χ4n) is 1.96. The van der Waals surface area contributed by atoms with E-state index in [1.165, 1.54) is 6.26 Å². The van der Waals surface area contributed by atoms with E-state index >= 15 is 0 Å². The molecule has 22 heavy (non-hydrogen) atoms. The van der Waals surface area contributed by atoms with Crippen LogP contribution in [0.15, 0.2) is 10.7 Å². The molecule has 1 saturated heterocycles. The number of carbonyl (C=O) groups is 3. The van der Waals surface area contributed by atoms with Crippen molar-refractivity contribution >= 4 is 29.5 Å². The summed E-state index contributed by atoms with van der Waals surface area (Å²) in [4.78, 5) is 35.5. The average molecular weight is 308 g/mol. The number of likely N-dealkylation sites (tertiary alicyclic amines) is 1. The molecule has 1 N–H and O–H groups in total. The SMILES string of the molecule is O=C(CN1C(=O)CCC1=O)Nc1nnc(C2=COCCO2)o1. The molecule has 3 rings (SSSR count). The normalized spacial score (nSPS) is 17.8. The first-order valence-electron chi connectivity index (χ1n) is 6.55. The molecule has 0 saturated carbocycles. The highest BCUT2D eigenvalue weighted by molar-refractivity contribution is 6.05. The van der Waals surface area contributed by atoms with Crippen molar-refractivity contribution in [1.82, 2.24) is 15.1 Å². The minimum absolute atomic E-state index is 0.0586. The second-order valence-corrected chi connectivity index (χ2v) is 4.54. The Labute approximate surface area is 124 Å². The number of carbonyl (C=O) groups excluding carboxylic acids is 3. The summed E-state index contributed by atoms with van der Waals surface area (Å²) in [6.07, 6.45) is 1.59. The molecular weight excluding hydrogens is 296 g/mol. The molecule has 1 aromatic rings. The molecule has 116 valence electrons. The predicted molar refractivity (Wildman–Crippen MR) is 68.8 cm³/mol. The summed E-state index contributed by atoms with van der Waals surface area (Å²) in [5.41, 5.74) is 0. The number of imide groups is 1. The summed E-state index contributed by atoms with van der Waals surface area (Å²) < 4.78 is 15.5. The number of aromatic nitrogens is 2. The molecule has 0 bridgehead atoms. The van der Waals surface area contributed by atoms with Crippen molar-refractivity contribution in [2.24, 2.45) is 0 Å². The van der Waals surface area contributed by atoms with Gasteiger partial charge in [0.05, 0.1) is 0 Å². The van der Waals surface area contributed by atoms with Crippen LogP contribution >= 0.6 is 0 Å². The highest BCUT2D eigenvalue weighted by Crippen LogP contribution is 2.19. The minimum atomic E-state index is -0.603. The van der Waals surface area contributed by atoms with Gasteiger partial charge in [-0.05, 0) is 0 Å². The Hall–Kier alpha value is -2.91. The number of amides is 3. The second-order valence-electron chi connectivity index (χ2n) is 4.54. The summed E-state index contributed by atoms with van der Waals surface area (Å²) in [5.74, 6) is -1.02. The summed E-state index contributed by atoms with van der Waals surface area (Å²) in [6, 6.07) is -0.158. The van der Waals surface area contributed by atoms with E-state index < -0.39 is 5.91 Å². The van der Waals surface area contributed by atoms with Crippen LogP contribution in [0.4, 0.5) is 6.01 Å². The molecule has 10 heteroatoms. The molecule has 2 aliphatic heterocycles. The number of ether oxygens (including phenoxy) is 2. The minimum Gasteiger partial charge on any atom is -0.494 e. The molecule has 0 atom stereocenters. The number of nitrogens with zero attached hydrogens (tertiary/aromatic N) is 3. The molecule has 3 amide bonds. The topological polar surface area (TPSA) is 124 Å². The summed E-state index contributed by atoms with van der Waals surface area (Å²) in [7, 11) is 0. The first-order valence-corrected chi connectivity index (χ1v) is 6.55. The van der Waals surface area contributed by atoms with E-state index in [1.807, 2.05) is 0 Å². The predicted octanol–water partition coefficient (Wildman–Crippen LogP) is -0.498. The Morgan fingerprint density at radius 3 is 2.68 bits per heavy atom. The Morgan fingerprint density at radius 1 is 1.23 bits per heavy atom. The van der Waals surface area contributed by atoms with Gasteiger partial charge in [-0.3, -0.25) is 24.6 Å². The largest absolute Gasteiger partial charge is 0.494 e. The maximum Gasteiger partial charge on any atom is 0.322 e. The van der Waals surface area contributed by atoms with Crippen LogP contribution in [0.1, 0.15) is 18.7 Å². The first kappa shape index (κ1) is 14.0. The van der Waals surface area contributed by atoms with Crippen molar-refractivity contribution in [3.05, 3.63) is 12.2 Å². The Balaban J connectivity index is 1.60. The van der Waals surface area contributed by atoms with E-state index in [0.717, 1.165) is 4.90 Å². The van der Waals surface area contributed by atoms with Gasteiger partial charge < -0.3 is 13.9 Å². The van der Waals surface area contributed by atoms with Crippen LogP contribution in [0, 0.1) is 0 Å². The Bertz CT molecular complexity index is 636. The van der Waals surface area contributed by atoms with Crippen LogP contribution in [0.2, 0.25) is 0 Å². The molecule has 0 aromatic carbocycles. The number of nitrogens with one attached hydrogen (secondary N) is 1. The molecule has 2 aliphatic rings. The van der Waals surface area contributed by atoms with Gasteiger partial charge in [0.15, 0.2) is 0 Å². The van der Waals surface area contributed by atoms with E-state index in [0.29, 0.717) is 13.2 Å². The maximum absolute atomic E-state index is 11.8. The molecule has 3 heterocycles. The van der Waals surface area contributed by atoms with Gasteiger partial charge in [-0.15, -0.1) is 5.10 Å². The van der Waals surface area contributed by atoms with E-state index in [2.05, 4.69) is 15.5 Å². The third kappa shape index (κ3) is 2.90. The molecule has 1 aromatic heterocycles. The van der Waals surface area contributed by atoms with Crippen molar-refractivity contribution in [3.63, 3.8) is 0 Å². The van der Waals surface area contributed by atoms with Gasteiger partial charge in [-0.25, -0.2) is 0 Å². The van der Waals surface area contributed by atoms with Crippen molar-refractivity contribution in [1.29, 1.82) is 0 Å². The highest BCUT2D eigenvalue weighted by Gasteiger charge is 2.30. The van der Waals surface area contributed by atoms with E-state index in [9.17, 15) is 14.4 Å². The number of anilines is 1. The van der Waals surface area contributed by atoms with Crippen molar-refractivity contribution in [2.75, 3.05) is 25.1 Å². The van der Waals surface area contributed by atoms with Gasteiger partial charge in [0.25, 0.3) is 5.89 Å². The monoisotopic (exact) mass is 308 g/mol. The molecule has 0 spiro atoms. The van der Waals surface area contributed by atoms with E-state index in [-0.39, 0.29) is 48.9 Å². The third-order valence-corrected chi connectivity index (χ3v) is 2.99. The molecule has 10 nitrogen and oxygen atoms in total. The van der Waals surface area contributed by atoms with Crippen molar-refractivity contribution in [3.8, 4) is 0 Å². The van der Waals surface area contributed by atoms with Crippen LogP contribution in [-0.2, 0) is 23.9 Å². The fraction of sp³-hybridized carbons (Fsp3) is 0.417. The molecule has 0 unspecified atom stereocenters. The zero-order valence-electron chi connectivity index (χ0n) is 11.4. The highest BCUT2D eigenvalue weighted by atomic mass is 16.6. The number of hydrogen-bond donors (Lipinski definition) is 1. The van der Waals surface area contributed by atoms with E-state index in [4.69, 9.17) is 13.9 Å². The lowest BCUT2D eigenvalue weighted by Crippen LogP contribution is -2.36. The maximum atomic E-state index is 11.8. The van der Waals surface area contributed by atoms with Gasteiger partial charge in [0.1, 0.15) is 26.0 Å². The standard InChI is InChI=1S/C12H12N4O6/c17-8(5-16-9(18)1-2-10(16)19)13-12-15-14-11(22-12)7-6-20-3-4-21-7/h6H,1-5H2,(H,13,15,17). The van der Waals surface area contributed by atoms with Crippen LogP contribution in [0.25, 0.3) is 5.76 Å². The Kier molecular flexibility index (Phi) is 3.73.